The molecule has 3 aromatic rings. The van der Waals surface area contributed by atoms with Crippen molar-refractivity contribution in [2.24, 2.45) is 0 Å². The summed E-state index contributed by atoms with van der Waals surface area (Å²) in [4.78, 5) is 46.9. The summed E-state index contributed by atoms with van der Waals surface area (Å²) in [5.74, 6) is -1.95. The van der Waals surface area contributed by atoms with Gasteiger partial charge in [-0.25, -0.2) is 4.39 Å². The molecule has 180 valence electrons. The van der Waals surface area contributed by atoms with Gasteiger partial charge in [0.2, 0.25) is 17.7 Å². The molecule has 1 aromatic heterocycles. The number of nitrogens with zero attached hydrogens (tertiary/aromatic N) is 3. The first-order chi connectivity index (χ1) is 16.9. The smallest absolute Gasteiger partial charge is 0.241 e. The highest BCUT2D eigenvalue weighted by Gasteiger charge is 2.54. The van der Waals surface area contributed by atoms with Gasteiger partial charge >= 0.3 is 0 Å². The molecule has 1 atom stereocenters. The van der Waals surface area contributed by atoms with Crippen molar-refractivity contribution in [2.45, 2.75) is 31.3 Å². The summed E-state index contributed by atoms with van der Waals surface area (Å²) in [6.45, 7) is 0.0577. The van der Waals surface area contributed by atoms with E-state index in [4.69, 9.17) is 0 Å². The van der Waals surface area contributed by atoms with Crippen LogP contribution in [0.15, 0.2) is 79.1 Å². The number of aromatic nitrogens is 1. The minimum absolute atomic E-state index is 0.0150. The Hall–Kier alpha value is -3.91. The molecule has 7 nitrogen and oxygen atoms in total. The van der Waals surface area contributed by atoms with E-state index >= 15 is 0 Å². The summed E-state index contributed by atoms with van der Waals surface area (Å²) in [7, 11) is 0. The van der Waals surface area contributed by atoms with Gasteiger partial charge in [-0.1, -0.05) is 48.5 Å². The number of aliphatic hydroxyl groups excluding tert-OH is 1. The number of carbonyl (C=O) groups excluding carboxylic acids is 3. The number of hydrogen-bond donors (Lipinski definition) is 1. The Kier molecular flexibility index (Phi) is 7.31. The second-order valence-corrected chi connectivity index (χ2v) is 8.62. The predicted molar refractivity (Wildman–Crippen MR) is 126 cm³/mol. The number of hydrogen-bond acceptors (Lipinski definition) is 5. The van der Waals surface area contributed by atoms with Crippen LogP contribution in [-0.4, -0.2) is 50.8 Å². The first-order valence-corrected chi connectivity index (χ1v) is 11.4. The third kappa shape index (κ3) is 5.27. The van der Waals surface area contributed by atoms with Gasteiger partial charge in [0.25, 0.3) is 0 Å². The second kappa shape index (κ2) is 10.6. The molecule has 8 heteroatoms. The summed E-state index contributed by atoms with van der Waals surface area (Å²) >= 11 is 0. The molecule has 1 saturated heterocycles. The number of carbonyl (C=O) groups is 3. The van der Waals surface area contributed by atoms with Gasteiger partial charge in [0, 0.05) is 38.3 Å². The predicted octanol–water partition coefficient (Wildman–Crippen LogP) is 2.83. The Bertz CT molecular complexity index is 1210. The van der Waals surface area contributed by atoms with Gasteiger partial charge < -0.3 is 10.0 Å². The lowest BCUT2D eigenvalue weighted by atomic mass is 9.75. The van der Waals surface area contributed by atoms with Crippen molar-refractivity contribution in [1.29, 1.82) is 0 Å². The topological polar surface area (TPSA) is 90.8 Å². The first kappa shape index (κ1) is 24.2. The van der Waals surface area contributed by atoms with E-state index in [-0.39, 0.29) is 44.6 Å². The van der Waals surface area contributed by atoms with Crippen molar-refractivity contribution in [3.63, 3.8) is 0 Å². The fraction of sp³-hybridized carbons (Fsp3) is 0.259. The van der Waals surface area contributed by atoms with Gasteiger partial charge in [-0.2, -0.15) is 0 Å². The highest BCUT2D eigenvalue weighted by atomic mass is 19.1. The van der Waals surface area contributed by atoms with E-state index in [1.54, 1.807) is 30.6 Å². The molecule has 0 spiro atoms. The maximum Gasteiger partial charge on any atom is 0.241 e. The van der Waals surface area contributed by atoms with Gasteiger partial charge in [0.1, 0.15) is 5.82 Å². The number of imide groups is 1. The number of likely N-dealkylation sites (tertiary alicyclic amines) is 1. The number of aliphatic hydroxyl groups is 1. The van der Waals surface area contributed by atoms with E-state index in [1.807, 2.05) is 30.3 Å². The third-order valence-electron chi connectivity index (χ3n) is 6.24. The van der Waals surface area contributed by atoms with E-state index in [2.05, 4.69) is 4.98 Å². The summed E-state index contributed by atoms with van der Waals surface area (Å²) in [5.41, 5.74) is 0.271. The summed E-state index contributed by atoms with van der Waals surface area (Å²) in [5, 5.41) is 9.56. The first-order valence-electron chi connectivity index (χ1n) is 11.4. The molecule has 0 saturated carbocycles. The van der Waals surface area contributed by atoms with Crippen molar-refractivity contribution in [3.8, 4) is 0 Å². The number of amides is 3. The molecule has 1 aliphatic rings. The fourth-order valence-corrected chi connectivity index (χ4v) is 4.47. The zero-order valence-corrected chi connectivity index (χ0v) is 19.1. The summed E-state index contributed by atoms with van der Waals surface area (Å²) in [6.07, 6.45) is 2.59. The van der Waals surface area contributed by atoms with Crippen LogP contribution in [0.2, 0.25) is 0 Å². The van der Waals surface area contributed by atoms with Crippen LogP contribution in [0.4, 0.5) is 4.39 Å². The Labute approximate surface area is 202 Å². The fourth-order valence-electron chi connectivity index (χ4n) is 4.47. The summed E-state index contributed by atoms with van der Waals surface area (Å²) in [6, 6.07) is 18.2. The van der Waals surface area contributed by atoms with Gasteiger partial charge in [0.05, 0.1) is 18.6 Å². The molecule has 4 rings (SSSR count). The van der Waals surface area contributed by atoms with Crippen LogP contribution in [0.25, 0.3) is 0 Å². The minimum atomic E-state index is -1.54. The number of halogens is 1. The molecule has 1 aliphatic heterocycles. The Morgan fingerprint density at radius 1 is 1.06 bits per heavy atom. The highest BCUT2D eigenvalue weighted by molar-refractivity contribution is 6.10. The number of benzene rings is 2. The quantitative estimate of drug-likeness (QED) is 0.481. The zero-order valence-electron chi connectivity index (χ0n) is 19.1. The monoisotopic (exact) mass is 475 g/mol. The average molecular weight is 476 g/mol. The van der Waals surface area contributed by atoms with Crippen LogP contribution >= 0.6 is 0 Å². The molecule has 1 fully saturated rings. The van der Waals surface area contributed by atoms with Crippen molar-refractivity contribution >= 4 is 17.7 Å². The van der Waals surface area contributed by atoms with Crippen LogP contribution in [-0.2, 0) is 32.9 Å². The molecule has 2 heterocycles. The maximum absolute atomic E-state index is 14.2. The molecular weight excluding hydrogens is 449 g/mol. The van der Waals surface area contributed by atoms with Gasteiger partial charge in [-0.3, -0.25) is 24.3 Å². The Morgan fingerprint density at radius 2 is 1.83 bits per heavy atom. The molecule has 2 aromatic carbocycles. The normalized spacial score (nSPS) is 17.6. The van der Waals surface area contributed by atoms with Crippen molar-refractivity contribution in [1.82, 2.24) is 14.8 Å². The van der Waals surface area contributed by atoms with E-state index in [0.29, 0.717) is 5.56 Å². The largest absolute Gasteiger partial charge is 0.395 e. The standard InChI is InChI=1S/C27H26FN3O4/c28-23-10-4-9-22(14-23)27(15-24(33)30(12-13-32)18-20-6-2-1-3-7-20)16-25(34)31(26(27)35)19-21-8-5-11-29-17-21/h1-11,14,17,32H,12-13,15-16,18-19H2/t27-/m0/s1. The van der Waals surface area contributed by atoms with Crippen LogP contribution < -0.4 is 0 Å². The molecule has 1 N–H and O–H groups in total. The molecular formula is C27H26FN3O4. The number of rotatable bonds is 9. The zero-order chi connectivity index (χ0) is 24.8. The molecule has 35 heavy (non-hydrogen) atoms. The lowest BCUT2D eigenvalue weighted by molar-refractivity contribution is -0.143. The number of pyridine rings is 1. The molecule has 0 bridgehead atoms. The van der Waals surface area contributed by atoms with E-state index in [0.717, 1.165) is 10.5 Å². The van der Waals surface area contributed by atoms with Crippen LogP contribution in [0.3, 0.4) is 0 Å². The van der Waals surface area contributed by atoms with Crippen molar-refractivity contribution in [2.75, 3.05) is 13.2 Å². The Morgan fingerprint density at radius 3 is 2.51 bits per heavy atom. The highest BCUT2D eigenvalue weighted by Crippen LogP contribution is 2.41. The summed E-state index contributed by atoms with van der Waals surface area (Å²) < 4.78 is 14.2. The van der Waals surface area contributed by atoms with Crippen LogP contribution in [0.1, 0.15) is 29.5 Å². The second-order valence-electron chi connectivity index (χ2n) is 8.62. The molecule has 0 radical (unpaired) electrons. The van der Waals surface area contributed by atoms with Gasteiger partial charge in [-0.15, -0.1) is 0 Å². The van der Waals surface area contributed by atoms with E-state index in [9.17, 15) is 23.9 Å². The van der Waals surface area contributed by atoms with Gasteiger partial charge in [-0.05, 0) is 34.9 Å². The van der Waals surface area contributed by atoms with E-state index < -0.39 is 29.0 Å². The Balaban J connectivity index is 1.67. The van der Waals surface area contributed by atoms with E-state index in [1.165, 1.54) is 23.1 Å². The van der Waals surface area contributed by atoms with Crippen LogP contribution in [0.5, 0.6) is 0 Å². The molecule has 3 amide bonds. The lowest BCUT2D eigenvalue weighted by Gasteiger charge is -2.30. The third-order valence-corrected chi connectivity index (χ3v) is 6.24. The lowest BCUT2D eigenvalue weighted by Crippen LogP contribution is -2.44. The van der Waals surface area contributed by atoms with Crippen molar-refractivity contribution in [3.05, 3.63) is 102 Å². The molecule has 0 unspecified atom stereocenters. The maximum atomic E-state index is 14.2. The van der Waals surface area contributed by atoms with Crippen molar-refractivity contribution < 1.29 is 23.9 Å². The van der Waals surface area contributed by atoms with Gasteiger partial charge in [0.15, 0.2) is 0 Å². The molecule has 0 aliphatic carbocycles. The average Bonchev–Trinajstić information content (AvgIpc) is 3.10. The van der Waals surface area contributed by atoms with Crippen LogP contribution in [0, 0.1) is 5.82 Å². The SMILES string of the molecule is O=C(C[C@@]1(c2cccc(F)c2)CC(=O)N(Cc2cccnc2)C1=O)N(CCO)Cc1ccccc1. The minimum Gasteiger partial charge on any atom is -0.395 e.